The number of nitrogens with one attached hydrogen (secondary N) is 3. The zero-order valence-electron chi connectivity index (χ0n) is 18.7. The molecule has 172 valence electrons. The van der Waals surface area contributed by atoms with Crippen molar-refractivity contribution in [1.82, 2.24) is 15.1 Å². The molecule has 1 heterocycles. The van der Waals surface area contributed by atoms with Gasteiger partial charge in [0.2, 0.25) is 11.3 Å². The van der Waals surface area contributed by atoms with Gasteiger partial charge in [0.05, 0.1) is 18.3 Å². The number of aromatic nitrogens is 2. The van der Waals surface area contributed by atoms with Crippen molar-refractivity contribution in [3.63, 3.8) is 0 Å². The van der Waals surface area contributed by atoms with Crippen molar-refractivity contribution in [2.75, 3.05) is 10.6 Å². The van der Waals surface area contributed by atoms with E-state index in [0.717, 1.165) is 11.1 Å². The first-order valence-corrected chi connectivity index (χ1v) is 10.9. The van der Waals surface area contributed by atoms with E-state index in [4.69, 9.17) is 0 Å². The van der Waals surface area contributed by atoms with E-state index < -0.39 is 0 Å². The molecular weight excluding hydrogens is 430 g/mol. The third kappa shape index (κ3) is 5.86. The first-order valence-electron chi connectivity index (χ1n) is 10.9. The van der Waals surface area contributed by atoms with Crippen LogP contribution in [0.1, 0.15) is 17.5 Å². The Bertz CT molecular complexity index is 1400. The van der Waals surface area contributed by atoms with Crippen LogP contribution in [0.5, 0.6) is 0 Å². The Morgan fingerprint density at radius 2 is 1.65 bits per heavy atom. The summed E-state index contributed by atoms with van der Waals surface area (Å²) in [6.45, 7) is 2.64. The second-order valence-corrected chi connectivity index (χ2v) is 7.92. The first-order chi connectivity index (χ1) is 16.5. The Morgan fingerprint density at radius 3 is 2.44 bits per heavy atom. The highest BCUT2D eigenvalue weighted by Crippen LogP contribution is 2.14. The standard InChI is InChI=1S/C26H25N5O3/c1-18-6-4-8-20(14-18)29-26(34)30-21-9-5-7-19(15-21)16-27-25(33)12-13-31-23-11-3-2-10-22(23)24(32)17-28-31/h2-11,14-15,17H,12-13,16H2,1H3,(H,27,33)(H2,29,30,34). The fourth-order valence-electron chi connectivity index (χ4n) is 3.61. The van der Waals surface area contributed by atoms with Crippen LogP contribution in [0, 0.1) is 6.92 Å². The Morgan fingerprint density at radius 1 is 0.912 bits per heavy atom. The number of carbonyl (C=O) groups is 2. The number of benzene rings is 3. The second kappa shape index (κ2) is 10.4. The van der Waals surface area contributed by atoms with Crippen LogP contribution >= 0.6 is 0 Å². The highest BCUT2D eigenvalue weighted by atomic mass is 16.2. The maximum Gasteiger partial charge on any atom is 0.323 e. The van der Waals surface area contributed by atoms with E-state index in [-0.39, 0.29) is 23.8 Å². The Hall–Kier alpha value is -4.46. The number of hydrogen-bond donors (Lipinski definition) is 3. The van der Waals surface area contributed by atoms with Crippen molar-refractivity contribution >= 4 is 34.2 Å². The highest BCUT2D eigenvalue weighted by Gasteiger charge is 2.08. The molecule has 3 amide bonds. The van der Waals surface area contributed by atoms with Crippen LogP contribution in [0.3, 0.4) is 0 Å². The lowest BCUT2D eigenvalue weighted by Crippen LogP contribution is -2.25. The molecule has 3 aromatic carbocycles. The molecule has 0 aliphatic heterocycles. The summed E-state index contributed by atoms with van der Waals surface area (Å²) in [6.07, 6.45) is 1.49. The summed E-state index contributed by atoms with van der Waals surface area (Å²) in [5.41, 5.74) is 3.81. The van der Waals surface area contributed by atoms with Gasteiger partial charge in [-0.15, -0.1) is 0 Å². The summed E-state index contributed by atoms with van der Waals surface area (Å²) in [5, 5.41) is 13.2. The van der Waals surface area contributed by atoms with Crippen LogP contribution in [0.15, 0.2) is 83.8 Å². The van der Waals surface area contributed by atoms with E-state index >= 15 is 0 Å². The van der Waals surface area contributed by atoms with Crippen molar-refractivity contribution in [3.8, 4) is 0 Å². The molecule has 0 aliphatic rings. The summed E-state index contributed by atoms with van der Waals surface area (Å²) >= 11 is 0. The minimum Gasteiger partial charge on any atom is -0.352 e. The van der Waals surface area contributed by atoms with E-state index in [9.17, 15) is 14.4 Å². The van der Waals surface area contributed by atoms with Gasteiger partial charge in [0, 0.05) is 29.7 Å². The topological polar surface area (TPSA) is 105 Å². The largest absolute Gasteiger partial charge is 0.352 e. The lowest BCUT2D eigenvalue weighted by molar-refractivity contribution is -0.121. The van der Waals surface area contributed by atoms with Crippen LogP contribution in [-0.4, -0.2) is 21.7 Å². The molecule has 0 aliphatic carbocycles. The number of nitrogens with zero attached hydrogens (tertiary/aromatic N) is 2. The first kappa shape index (κ1) is 22.7. The van der Waals surface area contributed by atoms with Crippen molar-refractivity contribution in [2.24, 2.45) is 0 Å². The van der Waals surface area contributed by atoms with Crippen LogP contribution < -0.4 is 21.4 Å². The fourth-order valence-corrected chi connectivity index (χ4v) is 3.61. The fraction of sp³-hybridized carbons (Fsp3) is 0.154. The number of rotatable bonds is 7. The van der Waals surface area contributed by atoms with Gasteiger partial charge in [-0.3, -0.25) is 14.3 Å². The smallest absolute Gasteiger partial charge is 0.323 e. The maximum absolute atomic E-state index is 12.4. The minimum atomic E-state index is -0.340. The summed E-state index contributed by atoms with van der Waals surface area (Å²) in [4.78, 5) is 36.6. The van der Waals surface area contributed by atoms with Gasteiger partial charge in [-0.2, -0.15) is 5.10 Å². The number of urea groups is 1. The molecule has 4 aromatic rings. The number of anilines is 2. The number of hydrogen-bond acceptors (Lipinski definition) is 4. The van der Waals surface area contributed by atoms with Gasteiger partial charge in [-0.1, -0.05) is 36.4 Å². The molecule has 8 heteroatoms. The molecular formula is C26H25N5O3. The third-order valence-corrected chi connectivity index (χ3v) is 5.26. The summed E-state index contributed by atoms with van der Waals surface area (Å²) in [5.74, 6) is -0.139. The van der Waals surface area contributed by atoms with Crippen molar-refractivity contribution in [2.45, 2.75) is 26.4 Å². The Labute approximate surface area is 196 Å². The predicted molar refractivity (Wildman–Crippen MR) is 133 cm³/mol. The zero-order valence-corrected chi connectivity index (χ0v) is 18.7. The average molecular weight is 456 g/mol. The van der Waals surface area contributed by atoms with Gasteiger partial charge >= 0.3 is 6.03 Å². The molecule has 0 fully saturated rings. The number of para-hydroxylation sites is 1. The van der Waals surface area contributed by atoms with Gasteiger partial charge in [0.25, 0.3) is 0 Å². The molecule has 0 unspecified atom stereocenters. The third-order valence-electron chi connectivity index (χ3n) is 5.26. The summed E-state index contributed by atoms with van der Waals surface area (Å²) < 4.78 is 1.66. The minimum absolute atomic E-state index is 0.139. The van der Waals surface area contributed by atoms with E-state index in [1.165, 1.54) is 6.20 Å². The van der Waals surface area contributed by atoms with Gasteiger partial charge in [-0.25, -0.2) is 4.79 Å². The lowest BCUT2D eigenvalue weighted by Gasteiger charge is -2.11. The maximum atomic E-state index is 12.4. The molecule has 8 nitrogen and oxygen atoms in total. The van der Waals surface area contributed by atoms with Crippen molar-refractivity contribution < 1.29 is 9.59 Å². The van der Waals surface area contributed by atoms with E-state index in [2.05, 4.69) is 21.0 Å². The number of amides is 3. The van der Waals surface area contributed by atoms with Crippen LogP contribution in [0.25, 0.3) is 10.9 Å². The molecule has 34 heavy (non-hydrogen) atoms. The van der Waals surface area contributed by atoms with Crippen molar-refractivity contribution in [3.05, 3.63) is 100 Å². The lowest BCUT2D eigenvalue weighted by atomic mass is 10.2. The summed E-state index contributed by atoms with van der Waals surface area (Å²) in [7, 11) is 0. The number of fused-ring (bicyclic) bond motifs is 1. The molecule has 0 spiro atoms. The molecule has 0 atom stereocenters. The number of carbonyl (C=O) groups excluding carboxylic acids is 2. The average Bonchev–Trinajstić information content (AvgIpc) is 2.83. The molecule has 1 aromatic heterocycles. The monoisotopic (exact) mass is 455 g/mol. The second-order valence-electron chi connectivity index (χ2n) is 7.92. The van der Waals surface area contributed by atoms with E-state index in [0.29, 0.717) is 35.4 Å². The van der Waals surface area contributed by atoms with Crippen LogP contribution in [0.2, 0.25) is 0 Å². The SMILES string of the molecule is Cc1cccc(NC(=O)Nc2cccc(CNC(=O)CCn3ncc(=O)c4ccccc43)c2)c1. The van der Waals surface area contributed by atoms with Gasteiger partial charge in [0.1, 0.15) is 0 Å². The molecule has 0 saturated heterocycles. The zero-order chi connectivity index (χ0) is 23.9. The normalized spacial score (nSPS) is 10.6. The van der Waals surface area contributed by atoms with Gasteiger partial charge < -0.3 is 16.0 Å². The summed E-state index contributed by atoms with van der Waals surface area (Å²) in [6, 6.07) is 21.7. The highest BCUT2D eigenvalue weighted by molar-refractivity contribution is 5.99. The van der Waals surface area contributed by atoms with E-state index in [1.54, 1.807) is 22.9 Å². The van der Waals surface area contributed by atoms with Gasteiger partial charge in [-0.05, 0) is 54.4 Å². The molecule has 4 rings (SSSR count). The quantitative estimate of drug-likeness (QED) is 0.391. The Balaban J connectivity index is 1.30. The van der Waals surface area contributed by atoms with Crippen molar-refractivity contribution in [1.29, 1.82) is 0 Å². The molecule has 0 radical (unpaired) electrons. The predicted octanol–water partition coefficient (Wildman–Crippen LogP) is 4.06. The van der Waals surface area contributed by atoms with Gasteiger partial charge in [0.15, 0.2) is 0 Å². The number of aryl methyl sites for hydroxylation is 2. The Kier molecular flexibility index (Phi) is 6.98. The molecule has 0 bridgehead atoms. The van der Waals surface area contributed by atoms with Crippen LogP contribution in [-0.2, 0) is 17.9 Å². The van der Waals surface area contributed by atoms with Crippen LogP contribution in [0.4, 0.5) is 16.2 Å². The molecule has 0 saturated carbocycles. The molecule has 3 N–H and O–H groups in total. The van der Waals surface area contributed by atoms with E-state index in [1.807, 2.05) is 61.5 Å².